The van der Waals surface area contributed by atoms with Gasteiger partial charge in [-0.2, -0.15) is 0 Å². The lowest BCUT2D eigenvalue weighted by atomic mass is 9.62. The highest BCUT2D eigenvalue weighted by atomic mass is 16.2. The molecule has 0 atom stereocenters. The minimum atomic E-state index is -0.564. The van der Waals surface area contributed by atoms with E-state index in [0.717, 1.165) is 25.1 Å². The van der Waals surface area contributed by atoms with Gasteiger partial charge in [0.1, 0.15) is 5.54 Å². The fourth-order valence-electron chi connectivity index (χ4n) is 2.95. The van der Waals surface area contributed by atoms with Crippen molar-refractivity contribution in [1.29, 1.82) is 0 Å². The first-order chi connectivity index (χ1) is 7.63. The summed E-state index contributed by atoms with van der Waals surface area (Å²) >= 11 is 0. The van der Waals surface area contributed by atoms with Crippen LogP contribution in [0.3, 0.4) is 0 Å². The van der Waals surface area contributed by atoms with Crippen molar-refractivity contribution in [2.45, 2.75) is 18.4 Å². The van der Waals surface area contributed by atoms with Crippen LogP contribution in [0.5, 0.6) is 0 Å². The number of nitrogens with zero attached hydrogens (tertiary/aromatic N) is 1. The molecular formula is C11H15N3O2. The third-order valence-electron chi connectivity index (χ3n) is 3.96. The summed E-state index contributed by atoms with van der Waals surface area (Å²) in [5, 5.41) is 5.81. The Kier molecular flexibility index (Phi) is 1.89. The number of carbonyl (C=O) groups is 2. The smallest absolute Gasteiger partial charge is 0.250 e. The molecular weight excluding hydrogens is 206 g/mol. The Morgan fingerprint density at radius 1 is 1.38 bits per heavy atom. The molecule has 2 amide bonds. The van der Waals surface area contributed by atoms with E-state index < -0.39 is 5.54 Å². The molecule has 0 aromatic rings. The third kappa shape index (κ3) is 1.09. The van der Waals surface area contributed by atoms with Crippen molar-refractivity contribution in [3.63, 3.8) is 0 Å². The van der Waals surface area contributed by atoms with Gasteiger partial charge in [-0.25, -0.2) is 0 Å². The molecule has 5 nitrogen and oxygen atoms in total. The van der Waals surface area contributed by atoms with Crippen LogP contribution in [0.15, 0.2) is 12.3 Å². The van der Waals surface area contributed by atoms with E-state index in [4.69, 9.17) is 0 Å². The van der Waals surface area contributed by atoms with E-state index in [1.54, 1.807) is 4.90 Å². The Hall–Kier alpha value is -1.36. The van der Waals surface area contributed by atoms with Crippen LogP contribution in [-0.2, 0) is 9.59 Å². The number of hydrogen-bond acceptors (Lipinski definition) is 3. The Morgan fingerprint density at radius 2 is 2.12 bits per heavy atom. The van der Waals surface area contributed by atoms with Crippen molar-refractivity contribution in [3.8, 4) is 0 Å². The highest BCUT2D eigenvalue weighted by Crippen LogP contribution is 2.49. The van der Waals surface area contributed by atoms with Crippen LogP contribution in [0, 0.1) is 5.92 Å². The molecule has 3 aliphatic heterocycles. The maximum absolute atomic E-state index is 12.0. The monoisotopic (exact) mass is 221 g/mol. The molecule has 5 heteroatoms. The Labute approximate surface area is 93.9 Å². The first-order valence-corrected chi connectivity index (χ1v) is 5.65. The fraction of sp³-hybridized carbons (Fsp3) is 0.636. The molecule has 4 fully saturated rings. The van der Waals surface area contributed by atoms with E-state index in [-0.39, 0.29) is 11.8 Å². The van der Waals surface area contributed by atoms with Gasteiger partial charge in [0.15, 0.2) is 0 Å². The second-order valence-electron chi connectivity index (χ2n) is 4.84. The number of amides is 2. The number of carbonyl (C=O) groups excluding carboxylic acids is 2. The van der Waals surface area contributed by atoms with E-state index in [9.17, 15) is 9.59 Å². The van der Waals surface area contributed by atoms with Gasteiger partial charge in [-0.1, -0.05) is 6.58 Å². The molecule has 16 heavy (non-hydrogen) atoms. The molecule has 0 spiro atoms. The van der Waals surface area contributed by atoms with Crippen LogP contribution < -0.4 is 10.6 Å². The summed E-state index contributed by atoms with van der Waals surface area (Å²) in [6, 6.07) is 0. The molecule has 0 aromatic heterocycles. The molecule has 0 radical (unpaired) electrons. The average Bonchev–Trinajstić information content (AvgIpc) is 2.17. The summed E-state index contributed by atoms with van der Waals surface area (Å²) in [7, 11) is 0. The van der Waals surface area contributed by atoms with Crippen molar-refractivity contribution in [1.82, 2.24) is 15.5 Å². The number of rotatable bonds is 1. The predicted octanol–water partition coefficient (Wildman–Crippen LogP) is -0.789. The zero-order valence-electron chi connectivity index (χ0n) is 9.08. The van der Waals surface area contributed by atoms with Gasteiger partial charge in [0.05, 0.1) is 6.54 Å². The zero-order chi connectivity index (χ0) is 11.3. The average molecular weight is 221 g/mol. The minimum absolute atomic E-state index is 0.0346. The summed E-state index contributed by atoms with van der Waals surface area (Å²) in [6.07, 6.45) is 1.51. The SMILES string of the molecule is C=C1NC(=O)C2(N3CCNCC3=O)CC1C2. The lowest BCUT2D eigenvalue weighted by molar-refractivity contribution is -0.161. The van der Waals surface area contributed by atoms with Crippen molar-refractivity contribution in [3.05, 3.63) is 12.3 Å². The Bertz CT molecular complexity index is 385. The van der Waals surface area contributed by atoms with Crippen LogP contribution in [-0.4, -0.2) is 41.9 Å². The van der Waals surface area contributed by atoms with Crippen molar-refractivity contribution >= 4 is 11.8 Å². The van der Waals surface area contributed by atoms with Crippen molar-refractivity contribution in [2.24, 2.45) is 5.92 Å². The largest absolute Gasteiger partial charge is 0.328 e. The van der Waals surface area contributed by atoms with Gasteiger partial charge in [0.25, 0.3) is 0 Å². The lowest BCUT2D eigenvalue weighted by Crippen LogP contribution is -2.73. The molecule has 0 aromatic carbocycles. The van der Waals surface area contributed by atoms with Gasteiger partial charge in [0.2, 0.25) is 11.8 Å². The second kappa shape index (κ2) is 3.07. The molecule has 1 aliphatic carbocycles. The summed E-state index contributed by atoms with van der Waals surface area (Å²) in [4.78, 5) is 25.6. The lowest BCUT2D eigenvalue weighted by Gasteiger charge is -2.57. The van der Waals surface area contributed by atoms with E-state index >= 15 is 0 Å². The Balaban J connectivity index is 1.87. The molecule has 2 N–H and O–H groups in total. The van der Waals surface area contributed by atoms with Crippen LogP contribution >= 0.6 is 0 Å². The molecule has 4 aliphatic rings. The number of fused-ring (bicyclic) bond motifs is 2. The van der Waals surface area contributed by atoms with Gasteiger partial charge in [-0.05, 0) is 12.8 Å². The van der Waals surface area contributed by atoms with Crippen molar-refractivity contribution in [2.75, 3.05) is 19.6 Å². The summed E-state index contributed by atoms with van der Waals surface area (Å²) < 4.78 is 0. The van der Waals surface area contributed by atoms with E-state index in [1.807, 2.05) is 0 Å². The fourth-order valence-corrected chi connectivity index (χ4v) is 2.95. The van der Waals surface area contributed by atoms with E-state index in [0.29, 0.717) is 19.0 Å². The van der Waals surface area contributed by atoms with Crippen LogP contribution in [0.1, 0.15) is 12.8 Å². The number of nitrogens with one attached hydrogen (secondary N) is 2. The highest BCUT2D eigenvalue weighted by molar-refractivity contribution is 5.96. The Morgan fingerprint density at radius 3 is 2.75 bits per heavy atom. The van der Waals surface area contributed by atoms with Crippen LogP contribution in [0.25, 0.3) is 0 Å². The van der Waals surface area contributed by atoms with Gasteiger partial charge in [-0.15, -0.1) is 0 Å². The number of piperazine rings is 1. The molecule has 3 heterocycles. The van der Waals surface area contributed by atoms with Crippen molar-refractivity contribution < 1.29 is 9.59 Å². The second-order valence-corrected chi connectivity index (χ2v) is 4.84. The number of hydrogen-bond donors (Lipinski definition) is 2. The van der Waals surface area contributed by atoms with Crippen LogP contribution in [0.4, 0.5) is 0 Å². The molecule has 0 unspecified atom stereocenters. The third-order valence-corrected chi connectivity index (χ3v) is 3.96. The molecule has 86 valence electrons. The van der Waals surface area contributed by atoms with Gasteiger partial charge < -0.3 is 15.5 Å². The summed E-state index contributed by atoms with van der Waals surface area (Å²) in [5.41, 5.74) is 0.250. The molecule has 1 saturated carbocycles. The normalized spacial score (nSPS) is 38.1. The summed E-state index contributed by atoms with van der Waals surface area (Å²) in [5.74, 6) is 0.350. The predicted molar refractivity (Wildman–Crippen MR) is 57.3 cm³/mol. The van der Waals surface area contributed by atoms with Gasteiger partial charge in [-0.3, -0.25) is 9.59 Å². The highest BCUT2D eigenvalue weighted by Gasteiger charge is 2.59. The topological polar surface area (TPSA) is 61.4 Å². The van der Waals surface area contributed by atoms with Gasteiger partial charge >= 0.3 is 0 Å². The quantitative estimate of drug-likeness (QED) is 0.610. The van der Waals surface area contributed by atoms with Gasteiger partial charge in [0, 0.05) is 24.7 Å². The van der Waals surface area contributed by atoms with E-state index in [1.165, 1.54) is 0 Å². The maximum atomic E-state index is 12.0. The summed E-state index contributed by atoms with van der Waals surface area (Å²) in [6.45, 7) is 5.58. The first kappa shape index (κ1) is 9.84. The van der Waals surface area contributed by atoms with E-state index in [2.05, 4.69) is 17.2 Å². The maximum Gasteiger partial charge on any atom is 0.250 e. The zero-order valence-corrected chi connectivity index (χ0v) is 9.08. The minimum Gasteiger partial charge on any atom is -0.328 e. The molecule has 3 saturated heterocycles. The molecule has 2 bridgehead atoms. The number of piperidine rings is 2. The molecule has 4 rings (SSSR count). The number of allylic oxidation sites excluding steroid dienone is 1. The van der Waals surface area contributed by atoms with Crippen LogP contribution in [0.2, 0.25) is 0 Å². The first-order valence-electron chi connectivity index (χ1n) is 5.65. The standard InChI is InChI=1S/C11H15N3O2/c1-7-8-4-11(5-8,10(16)13-7)14-3-2-12-6-9(14)15/h8,12H,1-6H2,(H,13,16).